The summed E-state index contributed by atoms with van der Waals surface area (Å²) in [6, 6.07) is 10.0. The Bertz CT molecular complexity index is 521. The lowest BCUT2D eigenvalue weighted by Crippen LogP contribution is -2.13. The molecule has 1 aliphatic rings. The minimum Gasteiger partial charge on any atom is -0.115 e. The summed E-state index contributed by atoms with van der Waals surface area (Å²) >= 11 is 11.6. The van der Waals surface area contributed by atoms with Gasteiger partial charge in [-0.25, -0.2) is 0 Å². The number of hydrogen-bond donors (Lipinski definition) is 0. The zero-order valence-corrected chi connectivity index (χ0v) is 11.8. The summed E-state index contributed by atoms with van der Waals surface area (Å²) in [5.41, 5.74) is 2.23. The number of rotatable bonds is 3. The fourth-order valence-electron chi connectivity index (χ4n) is 1.72. The Morgan fingerprint density at radius 2 is 2.06 bits per heavy atom. The van der Waals surface area contributed by atoms with E-state index in [4.69, 9.17) is 23.8 Å². The predicted octanol–water partition coefficient (Wildman–Crippen LogP) is 4.84. The molecule has 1 unspecified atom stereocenters. The number of benzene rings is 1. The fraction of sp³-hybridized carbons (Fsp3) is 0.188. The minimum absolute atomic E-state index is 0.239. The molecule has 0 spiro atoms. The monoisotopic (exact) mass is 274 g/mol. The van der Waals surface area contributed by atoms with E-state index in [0.29, 0.717) is 0 Å². The molecular formula is C16H15ClS. The van der Waals surface area contributed by atoms with E-state index in [1.165, 1.54) is 0 Å². The van der Waals surface area contributed by atoms with Gasteiger partial charge >= 0.3 is 0 Å². The first-order valence-electron chi connectivity index (χ1n) is 5.93. The van der Waals surface area contributed by atoms with Crippen LogP contribution in [0.5, 0.6) is 0 Å². The Kier molecular flexibility index (Phi) is 4.15. The van der Waals surface area contributed by atoms with Crippen molar-refractivity contribution in [3.05, 3.63) is 71.8 Å². The number of thiocarbonyl (C=S) groups is 1. The molecule has 0 saturated carbocycles. The number of alkyl halides is 1. The van der Waals surface area contributed by atoms with Crippen LogP contribution < -0.4 is 0 Å². The first-order chi connectivity index (χ1) is 8.57. The van der Waals surface area contributed by atoms with Crippen molar-refractivity contribution in [3.63, 3.8) is 0 Å². The Balaban J connectivity index is 2.03. The molecule has 18 heavy (non-hydrogen) atoms. The summed E-state index contributed by atoms with van der Waals surface area (Å²) in [5, 5.41) is 0. The Morgan fingerprint density at radius 1 is 1.33 bits per heavy atom. The highest BCUT2D eigenvalue weighted by atomic mass is 35.5. The second-order valence-corrected chi connectivity index (χ2v) is 5.89. The molecule has 0 N–H and O–H groups in total. The molecule has 92 valence electrons. The van der Waals surface area contributed by atoms with Crippen LogP contribution in [0.4, 0.5) is 0 Å². The second-order valence-electron chi connectivity index (χ2n) is 4.58. The maximum atomic E-state index is 6.21. The molecule has 0 radical (unpaired) electrons. The van der Waals surface area contributed by atoms with Crippen LogP contribution in [0.25, 0.3) is 0 Å². The van der Waals surface area contributed by atoms with Gasteiger partial charge in [0.2, 0.25) is 0 Å². The van der Waals surface area contributed by atoms with Crippen molar-refractivity contribution in [1.82, 2.24) is 0 Å². The first-order valence-corrected chi connectivity index (χ1v) is 6.71. The third-order valence-electron chi connectivity index (χ3n) is 2.85. The van der Waals surface area contributed by atoms with Crippen molar-refractivity contribution in [2.75, 3.05) is 0 Å². The summed E-state index contributed by atoms with van der Waals surface area (Å²) in [5.74, 6) is 0. The Morgan fingerprint density at radius 3 is 2.67 bits per heavy atom. The Labute approximate surface area is 119 Å². The van der Waals surface area contributed by atoms with Crippen LogP contribution in [0.1, 0.15) is 18.9 Å². The lowest BCUT2D eigenvalue weighted by Gasteiger charge is -2.18. The van der Waals surface area contributed by atoms with Crippen molar-refractivity contribution in [3.8, 4) is 0 Å². The number of hydrogen-bond acceptors (Lipinski definition) is 1. The standard InChI is InChI=1S/C16H15ClS/c1-16(17)11-9-13(10-12-16)7-8-15(18)14-5-3-2-4-6-14/h2-11H,12H2,1H3. The van der Waals surface area contributed by atoms with Gasteiger partial charge in [0.15, 0.2) is 0 Å². The van der Waals surface area contributed by atoms with E-state index in [1.54, 1.807) is 0 Å². The molecule has 0 heterocycles. The molecule has 0 fully saturated rings. The van der Waals surface area contributed by atoms with E-state index in [1.807, 2.05) is 61.6 Å². The van der Waals surface area contributed by atoms with E-state index in [-0.39, 0.29) is 4.87 Å². The van der Waals surface area contributed by atoms with Crippen molar-refractivity contribution >= 4 is 28.7 Å². The molecule has 0 amide bonds. The maximum Gasteiger partial charge on any atom is 0.0635 e. The zero-order chi connectivity index (χ0) is 13.0. The minimum atomic E-state index is -0.239. The average Bonchev–Trinajstić information content (AvgIpc) is 2.38. The summed E-state index contributed by atoms with van der Waals surface area (Å²) in [7, 11) is 0. The molecule has 0 aliphatic heterocycles. The molecular weight excluding hydrogens is 260 g/mol. The maximum absolute atomic E-state index is 6.21. The molecule has 0 aromatic heterocycles. The van der Waals surface area contributed by atoms with Crippen LogP contribution in [0.3, 0.4) is 0 Å². The van der Waals surface area contributed by atoms with E-state index in [0.717, 1.165) is 22.4 Å². The quantitative estimate of drug-likeness (QED) is 0.329. The molecule has 2 rings (SSSR count). The van der Waals surface area contributed by atoms with Crippen LogP contribution >= 0.6 is 23.8 Å². The van der Waals surface area contributed by atoms with Crippen molar-refractivity contribution in [2.45, 2.75) is 18.2 Å². The molecule has 2 heteroatoms. The fourth-order valence-corrected chi connectivity index (χ4v) is 2.06. The number of allylic oxidation sites excluding steroid dienone is 6. The van der Waals surface area contributed by atoms with Crippen LogP contribution in [0.2, 0.25) is 0 Å². The van der Waals surface area contributed by atoms with Crippen LogP contribution in [-0.2, 0) is 0 Å². The van der Waals surface area contributed by atoms with E-state index < -0.39 is 0 Å². The molecule has 1 aliphatic carbocycles. The highest BCUT2D eigenvalue weighted by Crippen LogP contribution is 2.27. The van der Waals surface area contributed by atoms with E-state index >= 15 is 0 Å². The molecule has 0 nitrogen and oxygen atoms in total. The van der Waals surface area contributed by atoms with Gasteiger partial charge in [-0.2, -0.15) is 0 Å². The highest BCUT2D eigenvalue weighted by Gasteiger charge is 2.17. The Hall–Kier alpha value is -1.18. The average molecular weight is 275 g/mol. The van der Waals surface area contributed by atoms with Crippen LogP contribution in [0.15, 0.2) is 66.3 Å². The summed E-state index contributed by atoms with van der Waals surface area (Å²) < 4.78 is 0. The molecule has 0 saturated heterocycles. The van der Waals surface area contributed by atoms with Gasteiger partial charge in [0.25, 0.3) is 0 Å². The highest BCUT2D eigenvalue weighted by molar-refractivity contribution is 7.81. The van der Waals surface area contributed by atoms with Gasteiger partial charge in [-0.05, 0) is 30.6 Å². The molecule has 1 aromatic carbocycles. The lowest BCUT2D eigenvalue weighted by atomic mass is 9.97. The van der Waals surface area contributed by atoms with Gasteiger partial charge in [0.05, 0.1) is 4.87 Å². The van der Waals surface area contributed by atoms with Crippen molar-refractivity contribution in [2.24, 2.45) is 0 Å². The third-order valence-corrected chi connectivity index (χ3v) is 3.50. The lowest BCUT2D eigenvalue weighted by molar-refractivity contribution is 0.779. The van der Waals surface area contributed by atoms with Crippen LogP contribution in [0, 0.1) is 0 Å². The van der Waals surface area contributed by atoms with Gasteiger partial charge in [-0.3, -0.25) is 0 Å². The molecule has 0 bridgehead atoms. The number of halogens is 1. The SMILES string of the molecule is CC1(Cl)C=CC(C=CC(=S)c2ccccc2)=CC1. The van der Waals surface area contributed by atoms with Crippen molar-refractivity contribution in [1.29, 1.82) is 0 Å². The van der Waals surface area contributed by atoms with Crippen molar-refractivity contribution < 1.29 is 0 Å². The van der Waals surface area contributed by atoms with E-state index in [9.17, 15) is 0 Å². The van der Waals surface area contributed by atoms with Crippen LogP contribution in [-0.4, -0.2) is 9.74 Å². The van der Waals surface area contributed by atoms with E-state index in [2.05, 4.69) is 6.08 Å². The topological polar surface area (TPSA) is 0 Å². The second kappa shape index (κ2) is 5.64. The normalized spacial score (nSPS) is 23.1. The first kappa shape index (κ1) is 13.3. The van der Waals surface area contributed by atoms with Gasteiger partial charge in [0, 0.05) is 4.86 Å². The largest absolute Gasteiger partial charge is 0.115 e. The smallest absolute Gasteiger partial charge is 0.0635 e. The summed E-state index contributed by atoms with van der Waals surface area (Å²) in [6.45, 7) is 2.01. The van der Waals surface area contributed by atoms with Gasteiger partial charge in [-0.1, -0.05) is 66.9 Å². The van der Waals surface area contributed by atoms with Gasteiger partial charge < -0.3 is 0 Å². The molecule has 1 aromatic rings. The zero-order valence-electron chi connectivity index (χ0n) is 10.3. The summed E-state index contributed by atoms with van der Waals surface area (Å²) in [6.07, 6.45) is 11.1. The van der Waals surface area contributed by atoms with Gasteiger partial charge in [0.1, 0.15) is 0 Å². The van der Waals surface area contributed by atoms with Gasteiger partial charge in [-0.15, -0.1) is 11.6 Å². The predicted molar refractivity (Wildman–Crippen MR) is 83.4 cm³/mol. The molecule has 1 atom stereocenters. The summed E-state index contributed by atoms with van der Waals surface area (Å²) in [4.78, 5) is 0.612. The third kappa shape index (κ3) is 3.66.